The number of hydrogen-bond donors (Lipinski definition) is 1. The van der Waals surface area contributed by atoms with E-state index in [1.165, 1.54) is 0 Å². The van der Waals surface area contributed by atoms with Gasteiger partial charge in [-0.15, -0.1) is 0 Å². The highest BCUT2D eigenvalue weighted by atomic mass is 79.9. The van der Waals surface area contributed by atoms with Crippen molar-refractivity contribution in [3.05, 3.63) is 28.6 Å². The number of nitrogens with two attached hydrogens (primary N) is 1. The minimum Gasteiger partial charge on any atom is -0.460 e. The summed E-state index contributed by atoms with van der Waals surface area (Å²) in [6, 6.07) is 3.50. The fraction of sp³-hybridized carbons (Fsp3) is 0.111. The summed E-state index contributed by atoms with van der Waals surface area (Å²) in [7, 11) is 0. The van der Waals surface area contributed by atoms with E-state index in [2.05, 4.69) is 25.9 Å². The van der Waals surface area contributed by atoms with Gasteiger partial charge in [-0.25, -0.2) is 9.97 Å². The standard InChI is InChI=1S/C9H8BrN3O/c1-5-4-7(11)13-9(12-5)8-6(10)2-3-14-8/h2-4H,1H3,(H2,11,12,13). The molecule has 0 aliphatic rings. The molecule has 2 N–H and O–H groups in total. The molecular weight excluding hydrogens is 246 g/mol. The van der Waals surface area contributed by atoms with Gasteiger partial charge in [-0.3, -0.25) is 0 Å². The Morgan fingerprint density at radius 1 is 1.43 bits per heavy atom. The van der Waals surface area contributed by atoms with E-state index in [0.29, 0.717) is 17.4 Å². The van der Waals surface area contributed by atoms with Crippen LogP contribution in [0.5, 0.6) is 0 Å². The lowest BCUT2D eigenvalue weighted by Crippen LogP contribution is -1.97. The first-order chi connectivity index (χ1) is 6.66. The average Bonchev–Trinajstić information content (AvgIpc) is 2.49. The van der Waals surface area contributed by atoms with E-state index in [1.807, 2.05) is 6.92 Å². The Morgan fingerprint density at radius 2 is 2.21 bits per heavy atom. The molecule has 2 aromatic rings. The zero-order valence-corrected chi connectivity index (χ0v) is 9.08. The number of furan rings is 1. The second kappa shape index (κ2) is 3.42. The van der Waals surface area contributed by atoms with Gasteiger partial charge in [0.05, 0.1) is 10.7 Å². The van der Waals surface area contributed by atoms with Crippen molar-refractivity contribution >= 4 is 21.7 Å². The Morgan fingerprint density at radius 3 is 2.79 bits per heavy atom. The normalized spacial score (nSPS) is 10.4. The minimum atomic E-state index is 0.441. The van der Waals surface area contributed by atoms with E-state index in [1.54, 1.807) is 18.4 Å². The van der Waals surface area contributed by atoms with E-state index >= 15 is 0 Å². The first kappa shape index (κ1) is 9.21. The molecule has 0 aliphatic heterocycles. The second-order valence-electron chi connectivity index (χ2n) is 2.86. The molecule has 0 bridgehead atoms. The number of anilines is 1. The molecule has 0 radical (unpaired) electrons. The van der Waals surface area contributed by atoms with Gasteiger partial charge in [0.15, 0.2) is 11.6 Å². The molecule has 2 heterocycles. The molecule has 14 heavy (non-hydrogen) atoms. The fourth-order valence-electron chi connectivity index (χ4n) is 1.15. The van der Waals surface area contributed by atoms with Crippen LogP contribution in [0.2, 0.25) is 0 Å². The second-order valence-corrected chi connectivity index (χ2v) is 3.71. The Balaban J connectivity index is 2.57. The molecular formula is C9H8BrN3O. The fourth-order valence-corrected chi connectivity index (χ4v) is 1.53. The van der Waals surface area contributed by atoms with Crippen molar-refractivity contribution in [3.8, 4) is 11.6 Å². The van der Waals surface area contributed by atoms with Crippen LogP contribution < -0.4 is 5.73 Å². The Bertz CT molecular complexity index is 447. The Hall–Kier alpha value is -1.36. The molecule has 0 aliphatic carbocycles. The third-order valence-corrected chi connectivity index (χ3v) is 2.32. The van der Waals surface area contributed by atoms with E-state index in [0.717, 1.165) is 10.2 Å². The van der Waals surface area contributed by atoms with Crippen LogP contribution in [0.4, 0.5) is 5.82 Å². The predicted octanol–water partition coefficient (Wildman–Crippen LogP) is 2.39. The van der Waals surface area contributed by atoms with Crippen LogP contribution in [-0.4, -0.2) is 9.97 Å². The van der Waals surface area contributed by atoms with Gasteiger partial charge in [-0.1, -0.05) is 0 Å². The van der Waals surface area contributed by atoms with Crippen molar-refractivity contribution in [2.24, 2.45) is 0 Å². The summed E-state index contributed by atoms with van der Waals surface area (Å²) < 4.78 is 6.05. The van der Waals surface area contributed by atoms with Crippen LogP contribution in [-0.2, 0) is 0 Å². The lowest BCUT2D eigenvalue weighted by molar-refractivity contribution is 0.576. The Labute approximate surface area is 89.3 Å². The van der Waals surface area contributed by atoms with Crippen LogP contribution in [0.1, 0.15) is 5.69 Å². The first-order valence-electron chi connectivity index (χ1n) is 4.01. The van der Waals surface area contributed by atoms with Crippen molar-refractivity contribution in [2.45, 2.75) is 6.92 Å². The van der Waals surface area contributed by atoms with Crippen LogP contribution in [0, 0.1) is 6.92 Å². The number of halogens is 1. The van der Waals surface area contributed by atoms with Crippen LogP contribution in [0.15, 0.2) is 27.3 Å². The molecule has 0 amide bonds. The molecule has 0 spiro atoms. The van der Waals surface area contributed by atoms with Gasteiger partial charge in [0.25, 0.3) is 0 Å². The van der Waals surface area contributed by atoms with Gasteiger partial charge in [0, 0.05) is 11.8 Å². The molecule has 0 unspecified atom stereocenters. The quantitative estimate of drug-likeness (QED) is 0.848. The molecule has 0 saturated heterocycles. The summed E-state index contributed by atoms with van der Waals surface area (Å²) in [6.07, 6.45) is 1.57. The smallest absolute Gasteiger partial charge is 0.199 e. The molecule has 0 fully saturated rings. The number of rotatable bonds is 1. The molecule has 4 nitrogen and oxygen atoms in total. The SMILES string of the molecule is Cc1cc(N)nc(-c2occc2Br)n1. The highest BCUT2D eigenvalue weighted by molar-refractivity contribution is 9.10. The summed E-state index contributed by atoms with van der Waals surface area (Å²) in [6.45, 7) is 1.86. The minimum absolute atomic E-state index is 0.441. The molecule has 72 valence electrons. The van der Waals surface area contributed by atoms with E-state index in [-0.39, 0.29) is 0 Å². The number of nitrogen functional groups attached to an aromatic ring is 1. The number of nitrogens with zero attached hydrogens (tertiary/aromatic N) is 2. The topological polar surface area (TPSA) is 64.9 Å². The van der Waals surface area contributed by atoms with Crippen LogP contribution >= 0.6 is 15.9 Å². The lowest BCUT2D eigenvalue weighted by Gasteiger charge is -2.00. The van der Waals surface area contributed by atoms with Gasteiger partial charge in [-0.05, 0) is 28.9 Å². The maximum atomic E-state index is 5.61. The third-order valence-electron chi connectivity index (χ3n) is 1.69. The zero-order chi connectivity index (χ0) is 10.1. The maximum absolute atomic E-state index is 5.61. The van der Waals surface area contributed by atoms with Gasteiger partial charge in [0.2, 0.25) is 0 Å². The Kier molecular flexibility index (Phi) is 2.25. The maximum Gasteiger partial charge on any atom is 0.199 e. The van der Waals surface area contributed by atoms with E-state index in [9.17, 15) is 0 Å². The zero-order valence-electron chi connectivity index (χ0n) is 7.49. The van der Waals surface area contributed by atoms with Crippen molar-refractivity contribution in [1.29, 1.82) is 0 Å². The number of hydrogen-bond acceptors (Lipinski definition) is 4. The van der Waals surface area contributed by atoms with Crippen molar-refractivity contribution < 1.29 is 4.42 Å². The largest absolute Gasteiger partial charge is 0.460 e. The van der Waals surface area contributed by atoms with Crippen molar-refractivity contribution in [3.63, 3.8) is 0 Å². The van der Waals surface area contributed by atoms with Gasteiger partial charge < -0.3 is 10.2 Å². The molecule has 2 aromatic heterocycles. The monoisotopic (exact) mass is 253 g/mol. The van der Waals surface area contributed by atoms with Gasteiger partial charge in [-0.2, -0.15) is 0 Å². The molecule has 2 rings (SSSR count). The summed E-state index contributed by atoms with van der Waals surface area (Å²) >= 11 is 3.34. The van der Waals surface area contributed by atoms with Crippen molar-refractivity contribution in [1.82, 2.24) is 9.97 Å². The van der Waals surface area contributed by atoms with Gasteiger partial charge in [0.1, 0.15) is 5.82 Å². The highest BCUT2D eigenvalue weighted by Gasteiger charge is 2.10. The van der Waals surface area contributed by atoms with E-state index in [4.69, 9.17) is 10.2 Å². The summed E-state index contributed by atoms with van der Waals surface area (Å²) in [4.78, 5) is 8.30. The first-order valence-corrected chi connectivity index (χ1v) is 4.80. The third kappa shape index (κ3) is 1.63. The highest BCUT2D eigenvalue weighted by Crippen LogP contribution is 2.26. The predicted molar refractivity (Wildman–Crippen MR) is 56.6 cm³/mol. The molecule has 0 atom stereocenters. The summed E-state index contributed by atoms with van der Waals surface area (Å²) in [5.74, 6) is 1.54. The van der Waals surface area contributed by atoms with Crippen molar-refractivity contribution in [2.75, 3.05) is 5.73 Å². The average molecular weight is 254 g/mol. The summed E-state index contributed by atoms with van der Waals surface area (Å²) in [5.41, 5.74) is 6.42. The van der Waals surface area contributed by atoms with Crippen LogP contribution in [0.25, 0.3) is 11.6 Å². The summed E-state index contributed by atoms with van der Waals surface area (Å²) in [5, 5.41) is 0. The number of aromatic nitrogens is 2. The number of aryl methyl sites for hydroxylation is 1. The molecule has 5 heteroatoms. The lowest BCUT2D eigenvalue weighted by atomic mass is 10.3. The molecule has 0 aromatic carbocycles. The molecule has 0 saturated carbocycles. The van der Waals surface area contributed by atoms with Gasteiger partial charge >= 0.3 is 0 Å². The van der Waals surface area contributed by atoms with E-state index < -0.39 is 0 Å². The van der Waals surface area contributed by atoms with Crippen LogP contribution in [0.3, 0.4) is 0 Å².